The molecule has 0 saturated heterocycles. The quantitative estimate of drug-likeness (QED) is 0.480. The number of rotatable bonds is 4. The highest BCUT2D eigenvalue weighted by Crippen LogP contribution is 2.30. The smallest absolute Gasteiger partial charge is 0.262 e. The molecular weight excluding hydrogens is 342 g/mol. The highest BCUT2D eigenvalue weighted by atomic mass is 32.2. The molecule has 0 fully saturated rings. The van der Waals surface area contributed by atoms with Gasteiger partial charge in [0.05, 0.1) is 17.1 Å². The van der Waals surface area contributed by atoms with Gasteiger partial charge in [-0.2, -0.15) is 5.26 Å². The summed E-state index contributed by atoms with van der Waals surface area (Å²) >= 11 is 1.14. The number of nitrogen functional groups attached to an aromatic ring is 1. The molecule has 0 unspecified atom stereocenters. The summed E-state index contributed by atoms with van der Waals surface area (Å²) in [6, 6.07) is 6.76. The Bertz CT molecular complexity index is 909. The topological polar surface area (TPSA) is 131 Å². The van der Waals surface area contributed by atoms with E-state index in [9.17, 15) is 9.59 Å². The van der Waals surface area contributed by atoms with Crippen LogP contribution in [0, 0.1) is 11.3 Å². The number of hydrogen-bond donors (Lipinski definition) is 2. The van der Waals surface area contributed by atoms with Crippen LogP contribution in [-0.2, 0) is 4.79 Å². The Morgan fingerprint density at radius 2 is 2.32 bits per heavy atom. The number of Topliss-reactive ketones (excluding diaryl/α,β-unsaturated/α-hetero) is 1. The van der Waals surface area contributed by atoms with E-state index < -0.39 is 5.25 Å². The molecule has 0 radical (unpaired) electrons. The van der Waals surface area contributed by atoms with Gasteiger partial charge in [-0.3, -0.25) is 9.59 Å². The van der Waals surface area contributed by atoms with Crippen LogP contribution in [-0.4, -0.2) is 33.5 Å². The van der Waals surface area contributed by atoms with Crippen molar-refractivity contribution in [3.05, 3.63) is 35.5 Å². The molecule has 25 heavy (non-hydrogen) atoms. The van der Waals surface area contributed by atoms with Gasteiger partial charge in [-0.1, -0.05) is 11.8 Å². The van der Waals surface area contributed by atoms with Crippen LogP contribution in [0.2, 0.25) is 0 Å². The number of benzene rings is 1. The predicted octanol–water partition coefficient (Wildman–Crippen LogP) is 1.62. The first-order valence-corrected chi connectivity index (χ1v) is 8.16. The van der Waals surface area contributed by atoms with E-state index in [0.29, 0.717) is 22.2 Å². The van der Waals surface area contributed by atoms with E-state index in [4.69, 9.17) is 15.7 Å². The Morgan fingerprint density at radius 3 is 3.04 bits per heavy atom. The van der Waals surface area contributed by atoms with Crippen molar-refractivity contribution >= 4 is 35.0 Å². The van der Waals surface area contributed by atoms with Gasteiger partial charge in [-0.15, -0.1) is 0 Å². The summed E-state index contributed by atoms with van der Waals surface area (Å²) in [5, 5.41) is 11.3. The van der Waals surface area contributed by atoms with Crippen LogP contribution < -0.4 is 15.8 Å². The number of ether oxygens (including phenoxy) is 1. The van der Waals surface area contributed by atoms with Crippen molar-refractivity contribution in [3.63, 3.8) is 0 Å². The van der Waals surface area contributed by atoms with E-state index in [2.05, 4.69) is 15.3 Å². The van der Waals surface area contributed by atoms with Crippen LogP contribution in [0.4, 0.5) is 11.5 Å². The van der Waals surface area contributed by atoms with Gasteiger partial charge in [0.25, 0.3) is 5.91 Å². The fraction of sp³-hybridized carbons (Fsp3) is 0.188. The maximum atomic E-state index is 12.6. The zero-order valence-electron chi connectivity index (χ0n) is 13.1. The van der Waals surface area contributed by atoms with E-state index in [-0.39, 0.29) is 29.7 Å². The molecule has 2 aromatic rings. The van der Waals surface area contributed by atoms with Gasteiger partial charge in [-0.05, 0) is 25.1 Å². The van der Waals surface area contributed by atoms with Crippen molar-refractivity contribution in [1.29, 1.82) is 5.26 Å². The molecule has 1 aromatic carbocycles. The normalized spacial score (nSPS) is 13.8. The van der Waals surface area contributed by atoms with Gasteiger partial charge < -0.3 is 15.8 Å². The lowest BCUT2D eigenvalue weighted by molar-refractivity contribution is -0.118. The average Bonchev–Trinajstić information content (AvgIpc) is 2.60. The molecule has 1 aliphatic rings. The minimum atomic E-state index is -0.481. The van der Waals surface area contributed by atoms with Crippen molar-refractivity contribution in [2.24, 2.45) is 0 Å². The molecule has 3 rings (SSSR count). The van der Waals surface area contributed by atoms with Gasteiger partial charge in [0.1, 0.15) is 23.2 Å². The maximum Gasteiger partial charge on any atom is 0.262 e. The number of ketones is 1. The molecule has 9 heteroatoms. The van der Waals surface area contributed by atoms with Crippen LogP contribution in [0.5, 0.6) is 5.75 Å². The summed E-state index contributed by atoms with van der Waals surface area (Å²) in [6.45, 7) is 1.68. The van der Waals surface area contributed by atoms with E-state index >= 15 is 0 Å². The standard InChI is InChI=1S/C16H13N5O3S/c1-8(25-16-19-6-10(5-17)15(18)21-16)14(23)9-2-3-12-11(4-9)20-13(22)7-24-12/h2-4,6,8H,7H2,1H3,(H,20,22)(H2,18,19,21)/t8-/m0/s1. The number of amides is 1. The van der Waals surface area contributed by atoms with Gasteiger partial charge in [0.15, 0.2) is 17.5 Å². The summed E-state index contributed by atoms with van der Waals surface area (Å²) in [6.07, 6.45) is 1.33. The molecule has 2 heterocycles. The molecule has 3 N–H and O–H groups in total. The summed E-state index contributed by atoms with van der Waals surface area (Å²) in [4.78, 5) is 32.0. The number of fused-ring (bicyclic) bond motifs is 1. The number of nitrogens with zero attached hydrogens (tertiary/aromatic N) is 3. The number of carbonyl (C=O) groups is 2. The molecular formula is C16H13N5O3S. The third kappa shape index (κ3) is 3.54. The molecule has 126 valence electrons. The molecule has 0 spiro atoms. The van der Waals surface area contributed by atoms with E-state index in [1.54, 1.807) is 25.1 Å². The third-order valence-corrected chi connectivity index (χ3v) is 4.44. The second-order valence-electron chi connectivity index (χ2n) is 5.24. The minimum absolute atomic E-state index is 0.0377. The average molecular weight is 355 g/mol. The monoisotopic (exact) mass is 355 g/mol. The lowest BCUT2D eigenvalue weighted by atomic mass is 10.1. The first-order valence-electron chi connectivity index (χ1n) is 7.28. The van der Waals surface area contributed by atoms with Crippen LogP contribution in [0.1, 0.15) is 22.8 Å². The Kier molecular flexibility index (Phi) is 4.54. The number of anilines is 2. The number of carbonyl (C=O) groups excluding carboxylic acids is 2. The molecule has 0 aliphatic carbocycles. The van der Waals surface area contributed by atoms with Gasteiger partial charge in [0, 0.05) is 5.56 Å². The molecule has 0 bridgehead atoms. The fourth-order valence-corrected chi connectivity index (χ4v) is 3.03. The van der Waals surface area contributed by atoms with Crippen LogP contribution in [0.25, 0.3) is 0 Å². The largest absolute Gasteiger partial charge is 0.482 e. The number of aromatic nitrogens is 2. The summed E-state index contributed by atoms with van der Waals surface area (Å²) in [7, 11) is 0. The lowest BCUT2D eigenvalue weighted by Gasteiger charge is -2.18. The maximum absolute atomic E-state index is 12.6. The van der Waals surface area contributed by atoms with E-state index in [1.807, 2.05) is 6.07 Å². The SMILES string of the molecule is C[C@H](Sc1ncc(C#N)c(N)n1)C(=O)c1ccc2c(c1)NC(=O)CO2. The number of nitriles is 1. The Morgan fingerprint density at radius 1 is 1.52 bits per heavy atom. The second kappa shape index (κ2) is 6.78. The number of nitrogens with one attached hydrogen (secondary N) is 1. The van der Waals surface area contributed by atoms with Gasteiger partial charge in [0.2, 0.25) is 0 Å². The van der Waals surface area contributed by atoms with Crippen molar-refractivity contribution in [2.75, 3.05) is 17.7 Å². The number of hydrogen-bond acceptors (Lipinski definition) is 8. The lowest BCUT2D eigenvalue weighted by Crippen LogP contribution is -2.25. The van der Waals surface area contributed by atoms with Crippen LogP contribution >= 0.6 is 11.8 Å². The summed E-state index contributed by atoms with van der Waals surface area (Å²) < 4.78 is 5.27. The van der Waals surface area contributed by atoms with Gasteiger partial charge in [-0.25, -0.2) is 9.97 Å². The van der Waals surface area contributed by atoms with Crippen molar-refractivity contribution in [3.8, 4) is 11.8 Å². The van der Waals surface area contributed by atoms with Gasteiger partial charge >= 0.3 is 0 Å². The molecule has 1 atom stereocenters. The highest BCUT2D eigenvalue weighted by Gasteiger charge is 2.22. The molecule has 1 amide bonds. The van der Waals surface area contributed by atoms with Crippen molar-refractivity contribution in [2.45, 2.75) is 17.3 Å². The predicted molar refractivity (Wildman–Crippen MR) is 91.4 cm³/mol. The highest BCUT2D eigenvalue weighted by molar-refractivity contribution is 8.00. The van der Waals surface area contributed by atoms with E-state index in [1.165, 1.54) is 6.20 Å². The third-order valence-electron chi connectivity index (χ3n) is 3.46. The Balaban J connectivity index is 1.76. The molecule has 0 saturated carbocycles. The molecule has 1 aromatic heterocycles. The fourth-order valence-electron chi connectivity index (χ4n) is 2.20. The summed E-state index contributed by atoms with van der Waals surface area (Å²) in [5.41, 5.74) is 6.75. The number of thioether (sulfide) groups is 1. The van der Waals surface area contributed by atoms with Crippen LogP contribution in [0.15, 0.2) is 29.6 Å². The minimum Gasteiger partial charge on any atom is -0.482 e. The first kappa shape index (κ1) is 16.7. The first-order chi connectivity index (χ1) is 12.0. The van der Waals surface area contributed by atoms with Crippen molar-refractivity contribution < 1.29 is 14.3 Å². The molecule has 1 aliphatic heterocycles. The zero-order chi connectivity index (χ0) is 18.0. The summed E-state index contributed by atoms with van der Waals surface area (Å²) in [5.74, 6) is 0.188. The number of nitrogens with two attached hydrogens (primary N) is 1. The van der Waals surface area contributed by atoms with Crippen molar-refractivity contribution in [1.82, 2.24) is 9.97 Å². The second-order valence-corrected chi connectivity index (χ2v) is 6.54. The molecule has 8 nitrogen and oxygen atoms in total. The van der Waals surface area contributed by atoms with E-state index in [0.717, 1.165) is 11.8 Å². The zero-order valence-corrected chi connectivity index (χ0v) is 14.0. The van der Waals surface area contributed by atoms with Crippen LogP contribution in [0.3, 0.4) is 0 Å². The Hall–Kier alpha value is -3.12. The Labute approximate surface area is 147 Å².